The second-order valence-corrected chi connectivity index (χ2v) is 26.3. The SMILES string of the molecule is C.C.CC1(C)O[C@H]2[C@@H](O1)[C@H](n1ccc3c(Cl)ncnc31)O[C@@H]2[C@@H]1OC[C@@H](F)c2cc(Cl)ccc21.CC1(C)O[C@H]2[C@@H](O1)[C@H](n1ccc3c(N)ncnc31)O[C@@H]2[C@@H]1OC[C@@H](F)c2cc(Cl)ccc21.Nc1ncnc2c1ccn2[C@@H]1O[C@H]([C@@H]2OC[C@@H](F)c3cc(Cl)ccc32)[C@@H](O)[C@H]1O. The number of rotatable bonds is 6. The van der Waals surface area contributed by atoms with Crippen molar-refractivity contribution in [1.29, 1.82) is 0 Å². The highest BCUT2D eigenvalue weighted by Crippen LogP contribution is 2.53. The van der Waals surface area contributed by atoms with E-state index < -0.39 is 122 Å². The zero-order valence-electron chi connectivity index (χ0n) is 49.7. The number of nitrogens with zero attached hydrogens (tertiary/aromatic N) is 9. The van der Waals surface area contributed by atoms with Gasteiger partial charge in [0.1, 0.15) is 144 Å². The molecule has 0 spiro atoms. The van der Waals surface area contributed by atoms with Crippen molar-refractivity contribution in [2.75, 3.05) is 31.3 Å². The molecule has 0 amide bonds. The highest BCUT2D eigenvalue weighted by Gasteiger charge is 2.61. The molecule has 8 aliphatic rings. The highest BCUT2D eigenvalue weighted by molar-refractivity contribution is 6.34. The summed E-state index contributed by atoms with van der Waals surface area (Å²) in [5, 5.41) is 25.2. The molecule has 9 aromatic rings. The van der Waals surface area contributed by atoms with E-state index in [0.717, 1.165) is 5.39 Å². The van der Waals surface area contributed by atoms with Gasteiger partial charge in [0.15, 0.2) is 30.3 Å². The fourth-order valence-corrected chi connectivity index (χ4v) is 14.7. The molecule has 17 rings (SSSR count). The molecule has 0 radical (unpaired) electrons. The number of nitrogen functional groups attached to an aromatic ring is 2. The molecule has 0 unspecified atom stereocenters. The van der Waals surface area contributed by atoms with Crippen LogP contribution in [0.1, 0.15) is 131 Å². The monoisotopic (exact) mass is 1390 g/mol. The third kappa shape index (κ3) is 11.9. The highest BCUT2D eigenvalue weighted by atomic mass is 35.5. The van der Waals surface area contributed by atoms with Crippen molar-refractivity contribution in [3.8, 4) is 0 Å². The smallest absolute Gasteiger partial charge is 0.164 e. The Morgan fingerprint density at radius 3 is 1.20 bits per heavy atom. The quantitative estimate of drug-likeness (QED) is 0.113. The normalized spacial score (nSPS) is 32.2. The maximum absolute atomic E-state index is 14.6. The molecule has 0 bridgehead atoms. The van der Waals surface area contributed by atoms with Gasteiger partial charge in [-0.1, -0.05) is 79.5 Å². The van der Waals surface area contributed by atoms with Gasteiger partial charge in [-0.3, -0.25) is 0 Å². The van der Waals surface area contributed by atoms with E-state index in [2.05, 4.69) is 29.9 Å². The second kappa shape index (κ2) is 25.8. The molecule has 504 valence electrons. The van der Waals surface area contributed by atoms with Crippen LogP contribution in [0.5, 0.6) is 0 Å². The Balaban J connectivity index is 0.000000128. The number of alkyl halides is 3. The number of aromatic nitrogens is 9. The number of hydrogen-bond acceptors (Lipinski definition) is 20. The number of halogens is 7. The predicted molar refractivity (Wildman–Crippen MR) is 343 cm³/mol. The Kier molecular flexibility index (Phi) is 18.2. The summed E-state index contributed by atoms with van der Waals surface area (Å²) in [7, 11) is 0. The first-order valence-electron chi connectivity index (χ1n) is 29.9. The number of hydrogen-bond donors (Lipinski definition) is 4. The van der Waals surface area contributed by atoms with Gasteiger partial charge in [-0.25, -0.2) is 43.1 Å². The number of anilines is 2. The van der Waals surface area contributed by atoms with E-state index in [1.54, 1.807) is 71.4 Å². The number of nitrogens with two attached hydrogens (primary N) is 2. The van der Waals surface area contributed by atoms with Crippen LogP contribution < -0.4 is 11.5 Å². The maximum Gasteiger partial charge on any atom is 0.164 e. The van der Waals surface area contributed by atoms with Crippen LogP contribution in [0.4, 0.5) is 24.8 Å². The first-order chi connectivity index (χ1) is 44.6. The average Bonchev–Trinajstić information content (AvgIpc) is 1.60. The number of aliphatic hydroxyl groups is 2. The predicted octanol–water partition coefficient (Wildman–Crippen LogP) is 12.1. The first-order valence-corrected chi connectivity index (χ1v) is 31.4. The minimum Gasteiger partial charge on any atom is -0.387 e. The van der Waals surface area contributed by atoms with E-state index in [0.29, 0.717) is 93.0 Å². The number of fused-ring (bicyclic) bond motifs is 8. The van der Waals surface area contributed by atoms with E-state index in [4.69, 9.17) is 105 Å². The van der Waals surface area contributed by atoms with Crippen LogP contribution >= 0.6 is 46.4 Å². The topological polar surface area (TPSA) is 277 Å². The molecule has 8 aliphatic heterocycles. The standard InChI is InChI=1S/C22H20Cl2FN3O4.C22H22ClFN4O4.C19H18ClFN4O4.2CH4/c1-22(2)31-17-16(15-11-4-3-10(23)7-13(11)14(25)8-29-15)30-21(18(17)32-22)28-6-5-12-19(24)26-9-27-20(12)28;1-22(2)31-17-16(15-11-4-3-10(23)7-13(11)14(24)8-29-15)30-21(18(17)32-22)28-6-5-12-19(25)26-9-27-20(12)28;20-8-1-2-9-11(5-8)12(21)6-28-15(9)16-13(26)14(27)19(29-16)25-4-3-10-17(22)23-7-24-18(10)25;;/h3-7,9,14-18,21H,8H2,1-2H3;3-7,9,14-18,21H,8H2,1-2H3,(H2,25,26,27);1-5,7,12-16,19,26-27H,6H2,(H2,22,23,24);2*1H4/t2*14-,15-,16-,17-,18-,21-;12-,13+,14-,15-,16+,19-;;/m111../s1. The minimum atomic E-state index is -1.33. The van der Waals surface area contributed by atoms with Gasteiger partial charge in [0.2, 0.25) is 0 Å². The van der Waals surface area contributed by atoms with Gasteiger partial charge in [0.05, 0.1) is 36.0 Å². The molecule has 6 N–H and O–H groups in total. The lowest BCUT2D eigenvalue weighted by Crippen LogP contribution is -2.38. The molecule has 5 saturated heterocycles. The lowest BCUT2D eigenvalue weighted by molar-refractivity contribution is -0.214. The Bertz CT molecular complexity index is 4160. The number of ether oxygens (including phenoxy) is 10. The fraction of sp³-hybridized carbons (Fsp3) is 0.446. The van der Waals surface area contributed by atoms with E-state index in [-0.39, 0.29) is 34.7 Å². The van der Waals surface area contributed by atoms with Crippen molar-refractivity contribution in [3.05, 3.63) is 164 Å². The summed E-state index contributed by atoms with van der Waals surface area (Å²) in [5.41, 5.74) is 17.0. The Morgan fingerprint density at radius 1 is 0.432 bits per heavy atom. The van der Waals surface area contributed by atoms with Crippen LogP contribution in [-0.4, -0.2) is 140 Å². The van der Waals surface area contributed by atoms with Gasteiger partial charge in [-0.15, -0.1) is 0 Å². The largest absolute Gasteiger partial charge is 0.387 e. The van der Waals surface area contributed by atoms with Gasteiger partial charge < -0.3 is 82.8 Å². The molecule has 14 heterocycles. The molecule has 6 aromatic heterocycles. The molecule has 18 atom stereocenters. The third-order valence-electron chi connectivity index (χ3n) is 18.0. The number of aliphatic hydroxyl groups excluding tert-OH is 2. The van der Waals surface area contributed by atoms with Crippen LogP contribution in [0.15, 0.2) is 110 Å². The molecule has 0 saturated carbocycles. The number of benzene rings is 3. The molecular formula is C65H68Cl4F3N11O12. The molecule has 95 heavy (non-hydrogen) atoms. The van der Waals surface area contributed by atoms with E-state index >= 15 is 0 Å². The summed E-state index contributed by atoms with van der Waals surface area (Å²) in [6, 6.07) is 20.6. The lowest BCUT2D eigenvalue weighted by Gasteiger charge is -2.34. The van der Waals surface area contributed by atoms with Crippen molar-refractivity contribution in [2.45, 2.75) is 165 Å². The van der Waals surface area contributed by atoms with Gasteiger partial charge >= 0.3 is 0 Å². The first kappa shape index (κ1) is 67.2. The van der Waals surface area contributed by atoms with Crippen molar-refractivity contribution in [2.24, 2.45) is 0 Å². The summed E-state index contributed by atoms with van der Waals surface area (Å²) in [6.07, 6.45) is -4.41. The molecule has 5 fully saturated rings. The summed E-state index contributed by atoms with van der Waals surface area (Å²) >= 11 is 24.5. The molecule has 3 aromatic carbocycles. The zero-order chi connectivity index (χ0) is 64.7. The Labute approximate surface area is 562 Å². The van der Waals surface area contributed by atoms with E-state index in [1.165, 1.54) is 19.0 Å². The summed E-state index contributed by atoms with van der Waals surface area (Å²) < 4.78 is 110. The van der Waals surface area contributed by atoms with Crippen molar-refractivity contribution >= 4 is 91.1 Å². The van der Waals surface area contributed by atoms with Crippen LogP contribution in [0, 0.1) is 0 Å². The zero-order valence-corrected chi connectivity index (χ0v) is 52.7. The molecular weight excluding hydrogens is 1330 g/mol. The van der Waals surface area contributed by atoms with Gasteiger partial charge in [-0.05, 0) is 116 Å². The molecule has 30 heteroatoms. The van der Waals surface area contributed by atoms with Crippen molar-refractivity contribution in [1.82, 2.24) is 43.6 Å². The van der Waals surface area contributed by atoms with Gasteiger partial charge in [0, 0.05) is 33.7 Å². The van der Waals surface area contributed by atoms with E-state index in [9.17, 15) is 23.4 Å². The van der Waals surface area contributed by atoms with Gasteiger partial charge in [0.25, 0.3) is 0 Å². The third-order valence-corrected chi connectivity index (χ3v) is 19.0. The van der Waals surface area contributed by atoms with Crippen LogP contribution in [-0.2, 0) is 47.4 Å². The Hall–Kier alpha value is -6.41. The fourth-order valence-electron chi connectivity index (χ4n) is 14.0. The summed E-state index contributed by atoms with van der Waals surface area (Å²) in [4.78, 5) is 25.0. The minimum absolute atomic E-state index is 0. The van der Waals surface area contributed by atoms with Crippen LogP contribution in [0.3, 0.4) is 0 Å². The summed E-state index contributed by atoms with van der Waals surface area (Å²) in [6.45, 7) is 7.08. The average molecular weight is 1390 g/mol. The Morgan fingerprint density at radius 2 is 0.779 bits per heavy atom. The van der Waals surface area contributed by atoms with Crippen LogP contribution in [0.25, 0.3) is 33.1 Å². The van der Waals surface area contributed by atoms with Crippen molar-refractivity contribution < 1.29 is 70.8 Å². The van der Waals surface area contributed by atoms with Crippen LogP contribution in [0.2, 0.25) is 20.2 Å². The lowest BCUT2D eigenvalue weighted by atomic mass is 9.91. The molecule has 23 nitrogen and oxygen atoms in total. The maximum atomic E-state index is 14.6. The van der Waals surface area contributed by atoms with E-state index in [1.807, 2.05) is 61.4 Å². The van der Waals surface area contributed by atoms with Crippen molar-refractivity contribution in [3.63, 3.8) is 0 Å². The second-order valence-electron chi connectivity index (χ2n) is 24.6. The summed E-state index contributed by atoms with van der Waals surface area (Å²) in [5.74, 6) is -0.939. The molecule has 0 aliphatic carbocycles. The van der Waals surface area contributed by atoms with Gasteiger partial charge in [-0.2, -0.15) is 0 Å².